The zero-order chi connectivity index (χ0) is 10.7. The second-order valence-corrected chi connectivity index (χ2v) is 3.28. The molecule has 2 aromatic rings. The van der Waals surface area contributed by atoms with E-state index in [2.05, 4.69) is 4.98 Å². The van der Waals surface area contributed by atoms with Crippen LogP contribution in [0.3, 0.4) is 0 Å². The predicted molar refractivity (Wildman–Crippen MR) is 57.3 cm³/mol. The van der Waals surface area contributed by atoms with Crippen LogP contribution in [-0.4, -0.2) is 30.2 Å². The van der Waals surface area contributed by atoms with Crippen LogP contribution in [0.4, 0.5) is 0 Å². The summed E-state index contributed by atoms with van der Waals surface area (Å²) >= 11 is 0. The third-order valence-electron chi connectivity index (χ3n) is 2.35. The number of nitrogens with zero attached hydrogens (tertiary/aromatic N) is 2. The summed E-state index contributed by atoms with van der Waals surface area (Å²) in [4.78, 5) is 4.34. The van der Waals surface area contributed by atoms with E-state index in [1.807, 2.05) is 28.9 Å². The summed E-state index contributed by atoms with van der Waals surface area (Å²) in [6, 6.07) is 3.88. The molecule has 2 aromatic heterocycles. The molecule has 2 rings (SSSR count). The molecule has 0 amide bonds. The SMILES string of the molecule is COCCc1ncc2cc(OC)ccn12. The van der Waals surface area contributed by atoms with Crippen LogP contribution in [0, 0.1) is 0 Å². The second-order valence-electron chi connectivity index (χ2n) is 3.28. The van der Waals surface area contributed by atoms with Crippen LogP contribution in [0.5, 0.6) is 5.75 Å². The minimum Gasteiger partial charge on any atom is -0.497 e. The number of methoxy groups -OCH3 is 2. The molecular formula is C11H14N2O2. The van der Waals surface area contributed by atoms with Gasteiger partial charge in [-0.05, 0) is 6.07 Å². The van der Waals surface area contributed by atoms with Gasteiger partial charge in [-0.25, -0.2) is 4.98 Å². The zero-order valence-electron chi connectivity index (χ0n) is 8.93. The molecule has 0 saturated carbocycles. The molecule has 0 radical (unpaired) electrons. The van der Waals surface area contributed by atoms with Crippen LogP contribution >= 0.6 is 0 Å². The normalized spacial score (nSPS) is 10.8. The van der Waals surface area contributed by atoms with Crippen molar-refractivity contribution in [3.63, 3.8) is 0 Å². The van der Waals surface area contributed by atoms with Crippen molar-refractivity contribution in [2.24, 2.45) is 0 Å². The molecular weight excluding hydrogens is 192 g/mol. The smallest absolute Gasteiger partial charge is 0.122 e. The minimum atomic E-state index is 0.686. The van der Waals surface area contributed by atoms with E-state index in [4.69, 9.17) is 9.47 Å². The molecule has 0 spiro atoms. The van der Waals surface area contributed by atoms with Crippen LogP contribution in [0.15, 0.2) is 24.5 Å². The van der Waals surface area contributed by atoms with Gasteiger partial charge in [0.05, 0.1) is 25.4 Å². The fourth-order valence-electron chi connectivity index (χ4n) is 1.54. The minimum absolute atomic E-state index is 0.686. The van der Waals surface area contributed by atoms with Crippen molar-refractivity contribution in [1.29, 1.82) is 0 Å². The summed E-state index contributed by atoms with van der Waals surface area (Å²) in [5.41, 5.74) is 1.04. The summed E-state index contributed by atoms with van der Waals surface area (Å²) < 4.78 is 12.2. The lowest BCUT2D eigenvalue weighted by Crippen LogP contribution is -2.00. The van der Waals surface area contributed by atoms with Gasteiger partial charge in [0.2, 0.25) is 0 Å². The molecule has 4 nitrogen and oxygen atoms in total. The molecule has 0 aliphatic rings. The topological polar surface area (TPSA) is 35.8 Å². The quantitative estimate of drug-likeness (QED) is 0.761. The standard InChI is InChI=1S/C11H14N2O2/c1-14-6-4-11-12-8-9-7-10(15-2)3-5-13(9)11/h3,5,7-8H,4,6H2,1-2H3. The van der Waals surface area contributed by atoms with Crippen molar-refractivity contribution in [3.8, 4) is 5.75 Å². The van der Waals surface area contributed by atoms with E-state index in [-0.39, 0.29) is 0 Å². The Bertz CT molecular complexity index is 451. The first-order valence-corrected chi connectivity index (χ1v) is 4.84. The third-order valence-corrected chi connectivity index (χ3v) is 2.35. The summed E-state index contributed by atoms with van der Waals surface area (Å²) in [5.74, 6) is 1.86. The first-order valence-electron chi connectivity index (χ1n) is 4.84. The molecule has 80 valence electrons. The molecule has 0 atom stereocenters. The summed E-state index contributed by atoms with van der Waals surface area (Å²) in [5, 5.41) is 0. The van der Waals surface area contributed by atoms with Gasteiger partial charge in [-0.15, -0.1) is 0 Å². The fourth-order valence-corrected chi connectivity index (χ4v) is 1.54. The van der Waals surface area contributed by atoms with E-state index in [1.165, 1.54) is 0 Å². The van der Waals surface area contributed by atoms with Gasteiger partial charge < -0.3 is 13.9 Å². The number of rotatable bonds is 4. The van der Waals surface area contributed by atoms with E-state index in [1.54, 1.807) is 14.2 Å². The van der Waals surface area contributed by atoms with Crippen molar-refractivity contribution in [3.05, 3.63) is 30.4 Å². The van der Waals surface area contributed by atoms with Crippen LogP contribution in [0.2, 0.25) is 0 Å². The number of imidazole rings is 1. The Morgan fingerprint density at radius 1 is 1.40 bits per heavy atom. The van der Waals surface area contributed by atoms with Gasteiger partial charge in [0.1, 0.15) is 11.6 Å². The number of hydrogen-bond acceptors (Lipinski definition) is 3. The van der Waals surface area contributed by atoms with Crippen molar-refractivity contribution in [1.82, 2.24) is 9.38 Å². The third kappa shape index (κ3) is 1.94. The number of ether oxygens (including phenoxy) is 2. The maximum absolute atomic E-state index is 5.15. The molecule has 4 heteroatoms. The summed E-state index contributed by atoms with van der Waals surface area (Å²) in [6.07, 6.45) is 4.62. The average Bonchev–Trinajstić information content (AvgIpc) is 2.68. The molecule has 0 bridgehead atoms. The van der Waals surface area contributed by atoms with Crippen LogP contribution in [0.1, 0.15) is 5.82 Å². The Morgan fingerprint density at radius 3 is 3.00 bits per heavy atom. The van der Waals surface area contributed by atoms with Crippen LogP contribution in [0.25, 0.3) is 5.52 Å². The summed E-state index contributed by atoms with van der Waals surface area (Å²) in [7, 11) is 3.35. The van der Waals surface area contributed by atoms with Crippen molar-refractivity contribution in [2.45, 2.75) is 6.42 Å². The molecule has 0 fully saturated rings. The highest BCUT2D eigenvalue weighted by molar-refractivity contribution is 5.50. The number of pyridine rings is 1. The highest BCUT2D eigenvalue weighted by atomic mass is 16.5. The van der Waals surface area contributed by atoms with Gasteiger partial charge in [0, 0.05) is 25.8 Å². The van der Waals surface area contributed by atoms with E-state index in [0.29, 0.717) is 6.61 Å². The predicted octanol–water partition coefficient (Wildman–Crippen LogP) is 1.53. The first kappa shape index (κ1) is 9.98. The van der Waals surface area contributed by atoms with E-state index >= 15 is 0 Å². The van der Waals surface area contributed by atoms with Gasteiger partial charge in [-0.3, -0.25) is 0 Å². The Hall–Kier alpha value is -1.55. The number of fused-ring (bicyclic) bond motifs is 1. The maximum Gasteiger partial charge on any atom is 0.122 e. The van der Waals surface area contributed by atoms with E-state index < -0.39 is 0 Å². The highest BCUT2D eigenvalue weighted by Gasteiger charge is 2.03. The van der Waals surface area contributed by atoms with Crippen molar-refractivity contribution >= 4 is 5.52 Å². The van der Waals surface area contributed by atoms with Gasteiger partial charge >= 0.3 is 0 Å². The molecule has 0 unspecified atom stereocenters. The van der Waals surface area contributed by atoms with Crippen LogP contribution in [-0.2, 0) is 11.2 Å². The second kappa shape index (κ2) is 4.31. The number of aromatic nitrogens is 2. The number of hydrogen-bond donors (Lipinski definition) is 0. The molecule has 0 saturated heterocycles. The molecule has 0 N–H and O–H groups in total. The Labute approximate surface area is 88.5 Å². The molecule has 0 aliphatic carbocycles. The molecule has 0 aromatic carbocycles. The van der Waals surface area contributed by atoms with E-state index in [9.17, 15) is 0 Å². The van der Waals surface area contributed by atoms with Gasteiger partial charge in [0.15, 0.2) is 0 Å². The molecule has 15 heavy (non-hydrogen) atoms. The lowest BCUT2D eigenvalue weighted by atomic mass is 10.4. The molecule has 2 heterocycles. The first-order chi connectivity index (χ1) is 7.35. The van der Waals surface area contributed by atoms with Gasteiger partial charge in [-0.1, -0.05) is 0 Å². The lowest BCUT2D eigenvalue weighted by molar-refractivity contribution is 0.200. The van der Waals surface area contributed by atoms with Crippen molar-refractivity contribution in [2.75, 3.05) is 20.8 Å². The Kier molecular flexibility index (Phi) is 2.87. The Morgan fingerprint density at radius 2 is 2.27 bits per heavy atom. The Balaban J connectivity index is 2.34. The van der Waals surface area contributed by atoms with Gasteiger partial charge in [-0.2, -0.15) is 0 Å². The fraction of sp³-hybridized carbons (Fsp3) is 0.364. The average molecular weight is 206 g/mol. The lowest BCUT2D eigenvalue weighted by Gasteiger charge is -2.02. The summed E-state index contributed by atoms with van der Waals surface area (Å²) in [6.45, 7) is 0.686. The maximum atomic E-state index is 5.15. The van der Waals surface area contributed by atoms with Crippen molar-refractivity contribution < 1.29 is 9.47 Å². The highest BCUT2D eigenvalue weighted by Crippen LogP contribution is 2.15. The zero-order valence-corrected chi connectivity index (χ0v) is 8.93. The largest absolute Gasteiger partial charge is 0.497 e. The monoisotopic (exact) mass is 206 g/mol. The van der Waals surface area contributed by atoms with Gasteiger partial charge in [0.25, 0.3) is 0 Å². The van der Waals surface area contributed by atoms with E-state index in [0.717, 1.165) is 23.5 Å². The molecule has 0 aliphatic heterocycles. The van der Waals surface area contributed by atoms with Crippen LogP contribution < -0.4 is 4.74 Å².